The Morgan fingerprint density at radius 1 is 1.26 bits per heavy atom. The van der Waals surface area contributed by atoms with E-state index in [1.807, 2.05) is 6.92 Å². The van der Waals surface area contributed by atoms with E-state index in [0.717, 1.165) is 23.7 Å². The van der Waals surface area contributed by atoms with Gasteiger partial charge in [0, 0.05) is 31.7 Å². The maximum absolute atomic E-state index is 12.6. The van der Waals surface area contributed by atoms with Gasteiger partial charge in [-0.3, -0.25) is 9.59 Å². The maximum atomic E-state index is 12.6. The number of carbonyl (C=O) groups is 2. The zero-order valence-corrected chi connectivity index (χ0v) is 17.3. The van der Waals surface area contributed by atoms with Crippen LogP contribution in [-0.4, -0.2) is 56.8 Å². The van der Waals surface area contributed by atoms with Gasteiger partial charge in [0.2, 0.25) is 21.8 Å². The highest BCUT2D eigenvalue weighted by Crippen LogP contribution is 2.17. The van der Waals surface area contributed by atoms with Crippen molar-refractivity contribution in [1.29, 1.82) is 0 Å². The van der Waals surface area contributed by atoms with E-state index in [1.165, 1.54) is 38.2 Å². The van der Waals surface area contributed by atoms with Gasteiger partial charge in [-0.2, -0.15) is 4.31 Å². The molecule has 2 unspecified atom stereocenters. The lowest BCUT2D eigenvalue weighted by Gasteiger charge is -2.31. The number of halogens is 1. The Morgan fingerprint density at radius 2 is 1.89 bits per heavy atom. The summed E-state index contributed by atoms with van der Waals surface area (Å²) < 4.78 is 26.2. The van der Waals surface area contributed by atoms with Crippen molar-refractivity contribution in [2.24, 2.45) is 0 Å². The monoisotopic (exact) mass is 418 g/mol. The molecule has 2 amide bonds. The number of anilines is 1. The van der Waals surface area contributed by atoms with Gasteiger partial charge < -0.3 is 16.0 Å². The van der Waals surface area contributed by atoms with Crippen LogP contribution < -0.4 is 16.0 Å². The summed E-state index contributed by atoms with van der Waals surface area (Å²) in [5.74, 6) is -0.563. The molecule has 10 heteroatoms. The summed E-state index contributed by atoms with van der Waals surface area (Å²) in [5, 5.41) is 8.76. The van der Waals surface area contributed by atoms with Crippen molar-refractivity contribution in [3.05, 3.63) is 24.3 Å². The molecule has 0 aliphatic carbocycles. The highest BCUT2D eigenvalue weighted by molar-refractivity contribution is 7.89. The first-order valence-electron chi connectivity index (χ1n) is 8.57. The first-order chi connectivity index (χ1) is 12.2. The molecular weight excluding hydrogens is 392 g/mol. The van der Waals surface area contributed by atoms with Crippen LogP contribution >= 0.6 is 12.4 Å². The molecule has 27 heavy (non-hydrogen) atoms. The molecule has 1 saturated heterocycles. The molecular formula is C17H27ClN4O4S. The molecule has 8 nitrogen and oxygen atoms in total. The normalized spacial score (nSPS) is 19.9. The zero-order valence-electron chi connectivity index (χ0n) is 15.7. The minimum Gasteiger partial charge on any atom is -0.351 e. The lowest BCUT2D eigenvalue weighted by Crippen LogP contribution is -2.53. The largest absolute Gasteiger partial charge is 0.351 e. The van der Waals surface area contributed by atoms with Crippen molar-refractivity contribution in [2.45, 2.75) is 43.7 Å². The van der Waals surface area contributed by atoms with E-state index in [2.05, 4.69) is 16.0 Å². The molecule has 1 fully saturated rings. The number of likely N-dealkylation sites (N-methyl/N-ethyl adjacent to an activating group) is 1. The molecule has 0 spiro atoms. The Labute approximate surface area is 166 Å². The average Bonchev–Trinajstić information content (AvgIpc) is 2.57. The molecule has 0 aromatic heterocycles. The first-order valence-corrected chi connectivity index (χ1v) is 10.0. The number of nitrogens with zero attached hydrogens (tertiary/aromatic N) is 1. The van der Waals surface area contributed by atoms with Crippen LogP contribution in [-0.2, 0) is 19.6 Å². The summed E-state index contributed by atoms with van der Waals surface area (Å²) >= 11 is 0. The highest BCUT2D eigenvalue weighted by Gasteiger charge is 2.26. The number of carbonyl (C=O) groups excluding carboxylic acids is 2. The van der Waals surface area contributed by atoms with Crippen molar-refractivity contribution in [3.63, 3.8) is 0 Å². The van der Waals surface area contributed by atoms with E-state index in [1.54, 1.807) is 0 Å². The van der Waals surface area contributed by atoms with Crippen molar-refractivity contribution < 1.29 is 18.0 Å². The summed E-state index contributed by atoms with van der Waals surface area (Å²) in [7, 11) is -2.42. The minimum absolute atomic E-state index is 0. The van der Waals surface area contributed by atoms with E-state index < -0.39 is 10.0 Å². The third-order valence-electron chi connectivity index (χ3n) is 4.36. The molecule has 1 aliphatic heterocycles. The molecule has 3 N–H and O–H groups in total. The standard InChI is InChI=1S/C17H26N4O4S.ClH/c1-12-16(5-4-10-18-12)20-17(23)11-21(3)26(24,25)15-8-6-14(7-9-15)19-13(2)22;/h6-9,12,16,18H,4-5,10-11H2,1-3H3,(H,19,22)(H,20,23);1H. The Bertz CT molecular complexity index is 755. The second-order valence-corrected chi connectivity index (χ2v) is 8.57. The maximum Gasteiger partial charge on any atom is 0.243 e. The number of piperidine rings is 1. The Hall–Kier alpha value is -1.68. The van der Waals surface area contributed by atoms with E-state index in [4.69, 9.17) is 0 Å². The smallest absolute Gasteiger partial charge is 0.243 e. The van der Waals surface area contributed by atoms with E-state index in [-0.39, 0.29) is 47.7 Å². The van der Waals surface area contributed by atoms with Crippen LogP contribution in [0.25, 0.3) is 0 Å². The quantitative estimate of drug-likeness (QED) is 0.637. The molecule has 0 bridgehead atoms. The fourth-order valence-electron chi connectivity index (χ4n) is 2.87. The van der Waals surface area contributed by atoms with Crippen molar-refractivity contribution in [3.8, 4) is 0 Å². The number of sulfonamides is 1. The molecule has 2 atom stereocenters. The summed E-state index contributed by atoms with van der Waals surface area (Å²) in [4.78, 5) is 23.3. The van der Waals surface area contributed by atoms with E-state index >= 15 is 0 Å². The van der Waals surface area contributed by atoms with Crippen molar-refractivity contribution in [2.75, 3.05) is 25.5 Å². The molecule has 1 aromatic rings. The van der Waals surface area contributed by atoms with E-state index in [0.29, 0.717) is 5.69 Å². The fourth-order valence-corrected chi connectivity index (χ4v) is 4.00. The van der Waals surface area contributed by atoms with Crippen molar-refractivity contribution in [1.82, 2.24) is 14.9 Å². The number of nitrogens with one attached hydrogen (secondary N) is 3. The first kappa shape index (κ1) is 23.4. The van der Waals surface area contributed by atoms with Gasteiger partial charge in [-0.05, 0) is 50.6 Å². The lowest BCUT2D eigenvalue weighted by atomic mass is 10.00. The summed E-state index contributed by atoms with van der Waals surface area (Å²) in [6.45, 7) is 4.05. The Kier molecular flexibility index (Phi) is 8.67. The van der Waals surface area contributed by atoms with Gasteiger partial charge in [-0.1, -0.05) is 0 Å². The van der Waals surface area contributed by atoms with E-state index in [9.17, 15) is 18.0 Å². The van der Waals surface area contributed by atoms with Gasteiger partial charge in [0.15, 0.2) is 0 Å². The van der Waals surface area contributed by atoms with Crippen LogP contribution in [0.2, 0.25) is 0 Å². The third kappa shape index (κ3) is 6.46. The number of benzene rings is 1. The third-order valence-corrected chi connectivity index (χ3v) is 6.17. The molecule has 1 heterocycles. The molecule has 0 saturated carbocycles. The molecule has 1 aromatic carbocycles. The topological polar surface area (TPSA) is 108 Å². The Balaban J connectivity index is 0.00000364. The predicted octanol–water partition coefficient (Wildman–Crippen LogP) is 0.944. The average molecular weight is 419 g/mol. The van der Waals surface area contributed by atoms with Crippen LogP contribution in [0.15, 0.2) is 29.2 Å². The zero-order chi connectivity index (χ0) is 19.3. The second kappa shape index (κ2) is 10.0. The van der Waals surface area contributed by atoms with Crippen LogP contribution in [0.4, 0.5) is 5.69 Å². The van der Waals surface area contributed by atoms with Gasteiger partial charge >= 0.3 is 0 Å². The van der Waals surface area contributed by atoms with Crippen LogP contribution in [0.3, 0.4) is 0 Å². The summed E-state index contributed by atoms with van der Waals surface area (Å²) in [6.07, 6.45) is 1.85. The molecule has 152 valence electrons. The number of hydrogen-bond donors (Lipinski definition) is 3. The van der Waals surface area contributed by atoms with Gasteiger partial charge in [0.05, 0.1) is 11.4 Å². The van der Waals surface area contributed by atoms with Crippen LogP contribution in [0, 0.1) is 0 Å². The minimum atomic E-state index is -3.79. The SMILES string of the molecule is CC(=O)Nc1ccc(S(=O)(=O)N(C)CC(=O)NC2CCCNC2C)cc1.Cl. The molecule has 2 rings (SSSR count). The molecule has 1 aliphatic rings. The fraction of sp³-hybridized carbons (Fsp3) is 0.529. The van der Waals surface area contributed by atoms with Crippen molar-refractivity contribution >= 4 is 39.9 Å². The molecule has 0 radical (unpaired) electrons. The number of rotatable bonds is 6. The summed E-state index contributed by atoms with van der Waals surface area (Å²) in [5.41, 5.74) is 0.510. The lowest BCUT2D eigenvalue weighted by molar-refractivity contribution is -0.122. The van der Waals surface area contributed by atoms with Gasteiger partial charge in [0.1, 0.15) is 0 Å². The number of amides is 2. The van der Waals surface area contributed by atoms with Gasteiger partial charge in [-0.25, -0.2) is 8.42 Å². The van der Waals surface area contributed by atoms with Crippen LogP contribution in [0.5, 0.6) is 0 Å². The summed E-state index contributed by atoms with van der Waals surface area (Å²) in [6, 6.07) is 6.00. The second-order valence-electron chi connectivity index (χ2n) is 6.53. The Morgan fingerprint density at radius 3 is 2.44 bits per heavy atom. The van der Waals surface area contributed by atoms with Gasteiger partial charge in [0.25, 0.3) is 0 Å². The highest BCUT2D eigenvalue weighted by atomic mass is 35.5. The van der Waals surface area contributed by atoms with Crippen LogP contribution in [0.1, 0.15) is 26.7 Å². The predicted molar refractivity (Wildman–Crippen MR) is 106 cm³/mol. The van der Waals surface area contributed by atoms with Gasteiger partial charge in [-0.15, -0.1) is 12.4 Å². The number of hydrogen-bond acceptors (Lipinski definition) is 5.